The first-order valence-corrected chi connectivity index (χ1v) is 10.9. The Labute approximate surface area is 192 Å². The monoisotopic (exact) mass is 440 g/mol. The number of aromatic nitrogens is 1. The number of nitrogens with zero attached hydrogens (tertiary/aromatic N) is 3. The van der Waals surface area contributed by atoms with Crippen molar-refractivity contribution in [3.05, 3.63) is 54.4 Å². The Balaban J connectivity index is 2.53. The number of benzene rings is 1. The molecule has 1 aromatic carbocycles. The van der Waals surface area contributed by atoms with E-state index in [4.69, 9.17) is 5.73 Å². The van der Waals surface area contributed by atoms with E-state index in [1.54, 1.807) is 0 Å². The van der Waals surface area contributed by atoms with Gasteiger partial charge in [-0.25, -0.2) is 9.37 Å². The topological polar surface area (TPSA) is 69.4 Å². The number of hydrogen-bond donors (Lipinski definition) is 3. The van der Waals surface area contributed by atoms with Crippen molar-refractivity contribution in [1.82, 2.24) is 9.88 Å². The lowest BCUT2D eigenvalue weighted by Gasteiger charge is -2.26. The van der Waals surface area contributed by atoms with Crippen LogP contribution in [0.25, 0.3) is 11.4 Å². The molecule has 2 rings (SSSR count). The van der Waals surface area contributed by atoms with E-state index in [2.05, 4.69) is 54.4 Å². The molecule has 0 aliphatic heterocycles. The van der Waals surface area contributed by atoms with Crippen molar-refractivity contribution < 1.29 is 4.39 Å². The van der Waals surface area contributed by atoms with E-state index >= 15 is 0 Å². The lowest BCUT2D eigenvalue weighted by Crippen LogP contribution is -2.23. The molecule has 0 aliphatic rings. The van der Waals surface area contributed by atoms with E-state index in [9.17, 15) is 4.39 Å². The molecule has 1 unspecified atom stereocenters. The Kier molecular flexibility index (Phi) is 8.14. The van der Waals surface area contributed by atoms with Crippen molar-refractivity contribution in [3.63, 3.8) is 0 Å². The van der Waals surface area contributed by atoms with Crippen LogP contribution in [0.2, 0.25) is 0 Å². The zero-order valence-electron chi connectivity index (χ0n) is 20.4. The molecule has 0 radical (unpaired) electrons. The van der Waals surface area contributed by atoms with Gasteiger partial charge in [0.05, 0.1) is 0 Å². The average molecular weight is 441 g/mol. The number of hydrogen-bond acceptors (Lipinski definition) is 6. The molecule has 6 nitrogen and oxygen atoms in total. The average Bonchev–Trinajstić information content (AvgIpc) is 2.74. The summed E-state index contributed by atoms with van der Waals surface area (Å²) in [7, 11) is 5.97. The first-order valence-electron chi connectivity index (χ1n) is 10.9. The zero-order chi connectivity index (χ0) is 24.2. The zero-order valence-corrected chi connectivity index (χ0v) is 20.4. The summed E-state index contributed by atoms with van der Waals surface area (Å²) in [6.07, 6.45) is 0. The maximum atomic E-state index is 14.7. The Morgan fingerprint density at radius 1 is 1.09 bits per heavy atom. The third-order valence-corrected chi connectivity index (χ3v) is 5.68. The van der Waals surface area contributed by atoms with Gasteiger partial charge in [-0.05, 0) is 44.0 Å². The van der Waals surface area contributed by atoms with Crippen LogP contribution >= 0.6 is 0 Å². The summed E-state index contributed by atoms with van der Waals surface area (Å²) in [5, 5.41) is 6.46. The summed E-state index contributed by atoms with van der Waals surface area (Å²) in [5.41, 5.74) is 10.3. The van der Waals surface area contributed by atoms with Gasteiger partial charge in [0.25, 0.3) is 0 Å². The summed E-state index contributed by atoms with van der Waals surface area (Å²) in [5.74, 6) is 0.472. The normalized spacial score (nSPS) is 11.8. The molecule has 0 bridgehead atoms. The molecule has 0 spiro atoms. The highest BCUT2D eigenvalue weighted by Crippen LogP contribution is 2.33. The third kappa shape index (κ3) is 5.72. The number of anilines is 4. The molecular formula is C25H37FN6. The minimum Gasteiger partial charge on any atom is -0.399 e. The second-order valence-corrected chi connectivity index (χ2v) is 8.63. The molecule has 0 saturated carbocycles. The highest BCUT2D eigenvalue weighted by Gasteiger charge is 2.18. The molecule has 0 fully saturated rings. The summed E-state index contributed by atoms with van der Waals surface area (Å²) in [4.78, 5) is 8.65. The van der Waals surface area contributed by atoms with Crippen LogP contribution in [-0.4, -0.2) is 43.6 Å². The molecule has 174 valence electrons. The summed E-state index contributed by atoms with van der Waals surface area (Å²) >= 11 is 0. The summed E-state index contributed by atoms with van der Waals surface area (Å²) in [6, 6.07) is 7.44. The minimum atomic E-state index is -0.466. The van der Waals surface area contributed by atoms with Gasteiger partial charge in [-0.1, -0.05) is 27.0 Å². The van der Waals surface area contributed by atoms with Gasteiger partial charge in [-0.15, -0.1) is 0 Å². The summed E-state index contributed by atoms with van der Waals surface area (Å²) < 4.78 is 14.7. The molecule has 1 atom stereocenters. The van der Waals surface area contributed by atoms with Gasteiger partial charge in [0, 0.05) is 67.6 Å². The number of nitrogens with one attached hydrogen (secondary N) is 2. The van der Waals surface area contributed by atoms with E-state index in [0.29, 0.717) is 17.3 Å². The van der Waals surface area contributed by atoms with Gasteiger partial charge < -0.3 is 26.2 Å². The van der Waals surface area contributed by atoms with Crippen molar-refractivity contribution in [3.8, 4) is 0 Å². The minimum absolute atomic E-state index is 0.0515. The highest BCUT2D eigenvalue weighted by molar-refractivity contribution is 5.81. The fourth-order valence-electron chi connectivity index (χ4n) is 3.04. The first kappa shape index (κ1) is 25.0. The molecular weight excluding hydrogens is 403 g/mol. The molecule has 0 aliphatic carbocycles. The largest absolute Gasteiger partial charge is 0.399 e. The fraction of sp³-hybridized carbons (Fsp3) is 0.400. The van der Waals surface area contributed by atoms with Gasteiger partial charge >= 0.3 is 0 Å². The van der Waals surface area contributed by atoms with Crippen LogP contribution in [0.4, 0.5) is 27.4 Å². The molecule has 32 heavy (non-hydrogen) atoms. The molecule has 1 aromatic heterocycles. The molecule has 4 N–H and O–H groups in total. The van der Waals surface area contributed by atoms with Crippen molar-refractivity contribution in [1.29, 1.82) is 0 Å². The van der Waals surface area contributed by atoms with E-state index in [0.717, 1.165) is 29.2 Å². The number of pyridine rings is 1. The van der Waals surface area contributed by atoms with Crippen LogP contribution in [0.15, 0.2) is 37.4 Å². The smallest absolute Gasteiger partial charge is 0.166 e. The van der Waals surface area contributed by atoms with Crippen molar-refractivity contribution in [2.75, 3.05) is 43.2 Å². The van der Waals surface area contributed by atoms with E-state index in [1.165, 1.54) is 6.07 Å². The summed E-state index contributed by atoms with van der Waals surface area (Å²) in [6.45, 7) is 17.1. The van der Waals surface area contributed by atoms with Gasteiger partial charge in [0.1, 0.15) is 5.82 Å². The highest BCUT2D eigenvalue weighted by atomic mass is 19.1. The van der Waals surface area contributed by atoms with Gasteiger partial charge in [-0.3, -0.25) is 0 Å². The fourth-order valence-corrected chi connectivity index (χ4v) is 3.04. The van der Waals surface area contributed by atoms with E-state index in [-0.39, 0.29) is 17.6 Å². The maximum Gasteiger partial charge on any atom is 0.166 e. The van der Waals surface area contributed by atoms with E-state index in [1.807, 2.05) is 51.2 Å². The number of halogens is 1. The van der Waals surface area contributed by atoms with Crippen LogP contribution < -0.4 is 21.3 Å². The Hall–Kier alpha value is -3.22. The number of rotatable bonds is 10. The van der Waals surface area contributed by atoms with Crippen LogP contribution in [0, 0.1) is 11.7 Å². The molecule has 7 heteroatoms. The molecule has 1 heterocycles. The number of nitrogens with two attached hydrogens (primary N) is 1. The Bertz CT molecular complexity index is 983. The molecule has 0 amide bonds. The van der Waals surface area contributed by atoms with E-state index < -0.39 is 5.82 Å². The van der Waals surface area contributed by atoms with Crippen molar-refractivity contribution in [2.45, 2.75) is 33.7 Å². The first-order chi connectivity index (χ1) is 15.0. The Morgan fingerprint density at radius 3 is 2.28 bits per heavy atom. The van der Waals surface area contributed by atoms with Crippen LogP contribution in [0.1, 0.15) is 38.8 Å². The third-order valence-electron chi connectivity index (χ3n) is 5.68. The van der Waals surface area contributed by atoms with Gasteiger partial charge in [-0.2, -0.15) is 0 Å². The van der Waals surface area contributed by atoms with Crippen molar-refractivity contribution in [2.24, 2.45) is 11.7 Å². The van der Waals surface area contributed by atoms with Crippen LogP contribution in [0.3, 0.4) is 0 Å². The SMILES string of the molecule is C=C(N)c1cc(F)c(NC(C)C(C)C)nc1Nc1ccc(N(C)CC)c(C(=C)N(C)C)c1. The van der Waals surface area contributed by atoms with Crippen molar-refractivity contribution >= 4 is 34.4 Å². The van der Waals surface area contributed by atoms with Gasteiger partial charge in [0.15, 0.2) is 11.6 Å². The lowest BCUT2D eigenvalue weighted by molar-refractivity contribution is 0.549. The predicted molar refractivity (Wildman–Crippen MR) is 137 cm³/mol. The second kappa shape index (κ2) is 10.4. The maximum absolute atomic E-state index is 14.7. The molecule has 0 saturated heterocycles. The quantitative estimate of drug-likeness (QED) is 0.463. The lowest BCUT2D eigenvalue weighted by atomic mass is 10.1. The van der Waals surface area contributed by atoms with Gasteiger partial charge in [0.2, 0.25) is 0 Å². The Morgan fingerprint density at radius 2 is 1.75 bits per heavy atom. The predicted octanol–water partition coefficient (Wildman–Crippen LogP) is 5.34. The van der Waals surface area contributed by atoms with Crippen LogP contribution in [-0.2, 0) is 0 Å². The van der Waals surface area contributed by atoms with Crippen LogP contribution in [0.5, 0.6) is 0 Å². The second-order valence-electron chi connectivity index (χ2n) is 8.63. The standard InChI is InChI=1S/C25H37FN6/c1-10-32(9)23-12-11-19(13-21(23)18(6)31(7)8)29-24-20(16(4)27)14-22(26)25(30-24)28-17(5)15(2)3/h11-15,17H,4,6,10,27H2,1-3,5,7-9H3,(H2,28,29,30). The molecule has 2 aromatic rings.